The number of benzene rings is 1. The number of likely N-dealkylation sites (tertiary alicyclic amines) is 1. The van der Waals surface area contributed by atoms with E-state index >= 15 is 0 Å². The van der Waals surface area contributed by atoms with Gasteiger partial charge in [0, 0.05) is 31.7 Å². The fourth-order valence-corrected chi connectivity index (χ4v) is 5.61. The number of unbranched alkanes of at least 4 members (excludes halogenated alkanes) is 1. The molecule has 1 saturated carbocycles. The maximum Gasteiger partial charge on any atom is 0.221 e. The molecule has 1 aromatic heterocycles. The van der Waals surface area contributed by atoms with Gasteiger partial charge in [-0.15, -0.1) is 4.99 Å². The standard InChI is InChI=1S/C25H37N5/c1-2-3-17-29-23-13-9-10-14-24(23)30(25(29)27-20-26)22-15-18-28(19-16-22)21-11-7-5-4-6-8-12-21/h9-10,13-14,21-22H,2-8,11-12,15-19H2,1H3. The highest BCUT2D eigenvalue weighted by Gasteiger charge is 2.28. The molecular weight excluding hydrogens is 370 g/mol. The van der Waals surface area contributed by atoms with Gasteiger partial charge in [0.05, 0.1) is 11.0 Å². The molecule has 2 aromatic rings. The number of imidazole rings is 1. The topological polar surface area (TPSA) is 49.2 Å². The monoisotopic (exact) mass is 407 g/mol. The minimum Gasteiger partial charge on any atom is -0.309 e. The van der Waals surface area contributed by atoms with Crippen LogP contribution in [0.2, 0.25) is 0 Å². The summed E-state index contributed by atoms with van der Waals surface area (Å²) in [5, 5.41) is 9.43. The smallest absolute Gasteiger partial charge is 0.221 e. The second-order valence-electron chi connectivity index (χ2n) is 9.14. The SMILES string of the molecule is CCCCn1c(=NC#N)n(C2CCN(C3CCCCCCC3)CC2)c2ccccc21. The lowest BCUT2D eigenvalue weighted by atomic mass is 9.93. The van der Waals surface area contributed by atoms with Gasteiger partial charge in [-0.05, 0) is 44.2 Å². The highest BCUT2D eigenvalue weighted by molar-refractivity contribution is 5.76. The van der Waals surface area contributed by atoms with E-state index in [2.05, 4.69) is 56.4 Å². The zero-order valence-electron chi connectivity index (χ0n) is 18.6. The van der Waals surface area contributed by atoms with E-state index in [0.29, 0.717) is 6.04 Å². The van der Waals surface area contributed by atoms with Crippen LogP contribution < -0.4 is 5.62 Å². The van der Waals surface area contributed by atoms with E-state index in [1.807, 2.05) is 0 Å². The van der Waals surface area contributed by atoms with Gasteiger partial charge in [0.15, 0.2) is 0 Å². The minimum absolute atomic E-state index is 0.426. The predicted octanol–water partition coefficient (Wildman–Crippen LogP) is 5.37. The quantitative estimate of drug-likeness (QED) is 0.625. The lowest BCUT2D eigenvalue weighted by Gasteiger charge is -2.39. The number of fused-ring (bicyclic) bond motifs is 1. The Bertz CT molecular complexity index is 915. The van der Waals surface area contributed by atoms with E-state index in [1.165, 1.54) is 69.1 Å². The minimum atomic E-state index is 0.426. The van der Waals surface area contributed by atoms with E-state index in [4.69, 9.17) is 0 Å². The molecule has 2 aliphatic rings. The van der Waals surface area contributed by atoms with Gasteiger partial charge >= 0.3 is 0 Å². The molecule has 2 heterocycles. The van der Waals surface area contributed by atoms with E-state index in [9.17, 15) is 5.26 Å². The summed E-state index contributed by atoms with van der Waals surface area (Å²) in [4.78, 5) is 7.09. The maximum absolute atomic E-state index is 9.43. The lowest BCUT2D eigenvalue weighted by molar-refractivity contribution is 0.115. The van der Waals surface area contributed by atoms with E-state index in [0.717, 1.165) is 43.9 Å². The highest BCUT2D eigenvalue weighted by Crippen LogP contribution is 2.30. The maximum atomic E-state index is 9.43. The first-order chi connectivity index (χ1) is 14.8. The molecular formula is C25H37N5. The molecule has 0 bridgehead atoms. The van der Waals surface area contributed by atoms with Crippen molar-refractivity contribution in [1.82, 2.24) is 14.0 Å². The van der Waals surface area contributed by atoms with Crippen molar-refractivity contribution in [2.75, 3.05) is 13.1 Å². The molecule has 5 heteroatoms. The summed E-state index contributed by atoms with van der Waals surface area (Å²) >= 11 is 0. The van der Waals surface area contributed by atoms with Crippen molar-refractivity contribution < 1.29 is 0 Å². The van der Waals surface area contributed by atoms with Crippen molar-refractivity contribution in [3.8, 4) is 6.19 Å². The number of nitriles is 1. The first-order valence-corrected chi connectivity index (χ1v) is 12.2. The van der Waals surface area contributed by atoms with Gasteiger partial charge in [0.1, 0.15) is 0 Å². The van der Waals surface area contributed by atoms with Crippen LogP contribution >= 0.6 is 0 Å². The van der Waals surface area contributed by atoms with Crippen molar-refractivity contribution in [3.63, 3.8) is 0 Å². The van der Waals surface area contributed by atoms with Gasteiger partial charge < -0.3 is 14.0 Å². The fraction of sp³-hybridized carbons (Fsp3) is 0.680. The van der Waals surface area contributed by atoms with Crippen molar-refractivity contribution in [1.29, 1.82) is 5.26 Å². The third kappa shape index (κ3) is 4.49. The molecule has 5 nitrogen and oxygen atoms in total. The van der Waals surface area contributed by atoms with Crippen LogP contribution in [0.5, 0.6) is 0 Å². The largest absolute Gasteiger partial charge is 0.309 e. The van der Waals surface area contributed by atoms with Crippen LogP contribution in [0.4, 0.5) is 0 Å². The van der Waals surface area contributed by atoms with Gasteiger partial charge in [-0.1, -0.05) is 57.6 Å². The third-order valence-electron chi connectivity index (χ3n) is 7.23. The Labute approximate surface area is 181 Å². The molecule has 1 aliphatic heterocycles. The second kappa shape index (κ2) is 10.3. The number of aryl methyl sites for hydroxylation is 1. The van der Waals surface area contributed by atoms with Crippen LogP contribution in [-0.4, -0.2) is 33.2 Å². The van der Waals surface area contributed by atoms with Gasteiger partial charge in [-0.2, -0.15) is 5.26 Å². The van der Waals surface area contributed by atoms with Crippen LogP contribution in [0.1, 0.15) is 83.6 Å². The summed E-state index contributed by atoms with van der Waals surface area (Å²) in [5.74, 6) is 0. The van der Waals surface area contributed by atoms with Crippen molar-refractivity contribution in [2.24, 2.45) is 4.99 Å². The van der Waals surface area contributed by atoms with Gasteiger partial charge in [0.25, 0.3) is 0 Å². The molecule has 30 heavy (non-hydrogen) atoms. The average molecular weight is 408 g/mol. The number of aromatic nitrogens is 2. The second-order valence-corrected chi connectivity index (χ2v) is 9.14. The molecule has 0 spiro atoms. The fourth-order valence-electron chi connectivity index (χ4n) is 5.61. The molecule has 0 N–H and O–H groups in total. The van der Waals surface area contributed by atoms with Crippen LogP contribution in [0.25, 0.3) is 11.0 Å². The van der Waals surface area contributed by atoms with Crippen molar-refractivity contribution in [3.05, 3.63) is 29.9 Å². The normalized spacial score (nSPS) is 20.9. The number of hydrogen-bond acceptors (Lipinski definition) is 3. The third-order valence-corrected chi connectivity index (χ3v) is 7.23. The first kappa shape index (κ1) is 21.2. The Morgan fingerprint density at radius 3 is 2.27 bits per heavy atom. The van der Waals surface area contributed by atoms with E-state index in [1.54, 1.807) is 0 Å². The molecule has 1 saturated heterocycles. The molecule has 2 fully saturated rings. The summed E-state index contributed by atoms with van der Waals surface area (Å²) in [6.45, 7) is 5.48. The van der Waals surface area contributed by atoms with E-state index < -0.39 is 0 Å². The van der Waals surface area contributed by atoms with Crippen molar-refractivity contribution in [2.45, 2.75) is 96.2 Å². The summed E-state index contributed by atoms with van der Waals surface area (Å²) < 4.78 is 4.65. The Morgan fingerprint density at radius 2 is 1.60 bits per heavy atom. The molecule has 162 valence electrons. The number of piperidine rings is 1. The molecule has 4 rings (SSSR count). The summed E-state index contributed by atoms with van der Waals surface area (Å²) in [7, 11) is 0. The van der Waals surface area contributed by atoms with Crippen LogP contribution in [0.3, 0.4) is 0 Å². The van der Waals surface area contributed by atoms with Crippen molar-refractivity contribution >= 4 is 11.0 Å². The number of hydrogen-bond donors (Lipinski definition) is 0. The summed E-state index contributed by atoms with van der Waals surface area (Å²) in [5.41, 5.74) is 3.28. The Morgan fingerprint density at radius 1 is 0.933 bits per heavy atom. The number of rotatable bonds is 5. The first-order valence-electron chi connectivity index (χ1n) is 12.2. The summed E-state index contributed by atoms with van der Waals surface area (Å²) in [6, 6.07) is 9.81. The summed E-state index contributed by atoms with van der Waals surface area (Å²) in [6.07, 6.45) is 16.4. The lowest BCUT2D eigenvalue weighted by Crippen LogP contribution is -2.43. The Balaban J connectivity index is 1.59. The molecule has 0 radical (unpaired) electrons. The molecule has 0 unspecified atom stereocenters. The predicted molar refractivity (Wildman–Crippen MR) is 122 cm³/mol. The molecule has 1 aromatic carbocycles. The number of para-hydroxylation sites is 2. The number of nitrogens with zero attached hydrogens (tertiary/aromatic N) is 5. The Kier molecular flexibility index (Phi) is 7.28. The Hall–Kier alpha value is -2.06. The molecule has 1 aliphatic carbocycles. The van der Waals surface area contributed by atoms with Gasteiger partial charge in [0.2, 0.25) is 11.8 Å². The molecule has 0 atom stereocenters. The average Bonchev–Trinajstić information content (AvgIpc) is 3.06. The van der Waals surface area contributed by atoms with Crippen LogP contribution in [-0.2, 0) is 6.54 Å². The zero-order valence-corrected chi connectivity index (χ0v) is 18.6. The zero-order chi connectivity index (χ0) is 20.8. The van der Waals surface area contributed by atoms with Gasteiger partial charge in [-0.3, -0.25) is 0 Å². The highest BCUT2D eigenvalue weighted by atomic mass is 15.2. The van der Waals surface area contributed by atoms with Gasteiger partial charge in [-0.25, -0.2) is 0 Å². The molecule has 0 amide bonds. The van der Waals surface area contributed by atoms with Crippen LogP contribution in [0.15, 0.2) is 29.3 Å². The van der Waals surface area contributed by atoms with E-state index in [-0.39, 0.29) is 0 Å². The van der Waals surface area contributed by atoms with Crippen LogP contribution in [0, 0.1) is 11.5 Å².